The van der Waals surface area contributed by atoms with Gasteiger partial charge in [0.1, 0.15) is 5.75 Å². The summed E-state index contributed by atoms with van der Waals surface area (Å²) >= 11 is 0. The third-order valence-corrected chi connectivity index (χ3v) is 2.32. The summed E-state index contributed by atoms with van der Waals surface area (Å²) in [4.78, 5) is 2.04. The Kier molecular flexibility index (Phi) is 5.71. The van der Waals surface area contributed by atoms with Gasteiger partial charge in [0, 0.05) is 14.1 Å². The lowest BCUT2D eigenvalue weighted by molar-refractivity contribution is 0.483. The highest BCUT2D eigenvalue weighted by atomic mass is 19.1. The summed E-state index contributed by atoms with van der Waals surface area (Å²) in [6.45, 7) is 0. The highest BCUT2D eigenvalue weighted by Crippen LogP contribution is 2.30. The van der Waals surface area contributed by atoms with Crippen LogP contribution in [-0.2, 0) is 0 Å². The van der Waals surface area contributed by atoms with E-state index in [0.29, 0.717) is 7.18 Å². The van der Waals surface area contributed by atoms with Crippen molar-refractivity contribution in [2.75, 3.05) is 26.2 Å². The highest BCUT2D eigenvalue weighted by molar-refractivity contribution is 5.58. The monoisotopic (exact) mass is 247 g/mol. The highest BCUT2D eigenvalue weighted by Gasteiger charge is 2.04. The van der Waals surface area contributed by atoms with Gasteiger partial charge in [0.25, 0.3) is 0 Å². The molecule has 2 nitrogen and oxygen atoms in total. The molecule has 0 aromatic heterocycles. The van der Waals surface area contributed by atoms with Crippen molar-refractivity contribution in [3.8, 4) is 11.5 Å². The fourth-order valence-corrected chi connectivity index (χ4v) is 1.53. The Morgan fingerprint density at radius 3 is 2.00 bits per heavy atom. The minimum atomic E-state index is 0.500. The first kappa shape index (κ1) is 14.0. The van der Waals surface area contributed by atoms with E-state index < -0.39 is 0 Å². The Morgan fingerprint density at radius 2 is 1.39 bits per heavy atom. The Labute approximate surface area is 108 Å². The minimum absolute atomic E-state index is 0.500. The molecule has 0 aliphatic carbocycles. The Morgan fingerprint density at radius 1 is 0.833 bits per heavy atom. The van der Waals surface area contributed by atoms with E-state index in [0.717, 1.165) is 17.2 Å². The normalized spacial score (nSPS) is 9.11. The molecule has 2 aromatic carbocycles. The largest absolute Gasteiger partial charge is 0.455 e. The summed E-state index contributed by atoms with van der Waals surface area (Å²) in [6.07, 6.45) is 0. The molecular formula is C15H18FNO. The second-order valence-electron chi connectivity index (χ2n) is 3.78. The maximum atomic E-state index is 9.50. The number of alkyl halides is 1. The van der Waals surface area contributed by atoms with Crippen LogP contribution < -0.4 is 9.64 Å². The molecule has 0 aliphatic rings. The molecule has 0 fully saturated rings. The van der Waals surface area contributed by atoms with Gasteiger partial charge in [0.05, 0.1) is 12.9 Å². The molecule has 0 aliphatic heterocycles. The molecule has 2 aromatic rings. The number of para-hydroxylation sites is 3. The van der Waals surface area contributed by atoms with Crippen LogP contribution in [0.15, 0.2) is 54.6 Å². The molecule has 0 atom stereocenters. The molecule has 0 unspecified atom stereocenters. The van der Waals surface area contributed by atoms with Gasteiger partial charge in [-0.25, -0.2) is 0 Å². The lowest BCUT2D eigenvalue weighted by Gasteiger charge is -2.17. The summed E-state index contributed by atoms with van der Waals surface area (Å²) in [6, 6.07) is 17.8. The first-order valence-electron chi connectivity index (χ1n) is 5.64. The molecule has 3 heteroatoms. The Balaban J connectivity index is 0.000000771. The van der Waals surface area contributed by atoms with Gasteiger partial charge < -0.3 is 9.64 Å². The maximum absolute atomic E-state index is 9.50. The third kappa shape index (κ3) is 3.77. The molecule has 0 heterocycles. The van der Waals surface area contributed by atoms with Gasteiger partial charge in [-0.1, -0.05) is 30.3 Å². The summed E-state index contributed by atoms with van der Waals surface area (Å²) in [5, 5.41) is 0. The van der Waals surface area contributed by atoms with E-state index in [9.17, 15) is 4.39 Å². The molecule has 0 N–H and O–H groups in total. The van der Waals surface area contributed by atoms with Crippen molar-refractivity contribution in [2.24, 2.45) is 0 Å². The van der Waals surface area contributed by atoms with Crippen LogP contribution in [0.2, 0.25) is 0 Å². The van der Waals surface area contributed by atoms with Crippen LogP contribution >= 0.6 is 0 Å². The smallest absolute Gasteiger partial charge is 0.150 e. The summed E-state index contributed by atoms with van der Waals surface area (Å²) in [7, 11) is 4.51. The number of ether oxygens (including phenoxy) is 1. The second-order valence-corrected chi connectivity index (χ2v) is 3.78. The SMILES string of the molecule is CF.CN(C)c1ccccc1Oc1ccccc1. The summed E-state index contributed by atoms with van der Waals surface area (Å²) in [5.74, 6) is 1.73. The number of anilines is 1. The molecule has 0 amide bonds. The first-order valence-corrected chi connectivity index (χ1v) is 5.64. The van der Waals surface area contributed by atoms with E-state index in [1.807, 2.05) is 73.6 Å². The van der Waals surface area contributed by atoms with Crippen molar-refractivity contribution in [1.29, 1.82) is 0 Å². The number of nitrogens with zero attached hydrogens (tertiary/aromatic N) is 1. The second kappa shape index (κ2) is 7.33. The number of rotatable bonds is 3. The average Bonchev–Trinajstić information content (AvgIpc) is 2.42. The van der Waals surface area contributed by atoms with Gasteiger partial charge >= 0.3 is 0 Å². The van der Waals surface area contributed by atoms with Crippen molar-refractivity contribution in [2.45, 2.75) is 0 Å². The van der Waals surface area contributed by atoms with Crippen LogP contribution in [0.3, 0.4) is 0 Å². The molecule has 0 spiro atoms. The standard InChI is InChI=1S/C14H15NO.CH3F/c1-15(2)13-10-6-7-11-14(13)16-12-8-4-3-5-9-12;1-2/h3-11H,1-2H3;1H3. The van der Waals surface area contributed by atoms with Gasteiger partial charge in [0.2, 0.25) is 0 Å². The van der Waals surface area contributed by atoms with Crippen molar-refractivity contribution < 1.29 is 9.13 Å². The first-order chi connectivity index (χ1) is 8.77. The molecular weight excluding hydrogens is 229 g/mol. The van der Waals surface area contributed by atoms with Crippen molar-refractivity contribution in [1.82, 2.24) is 0 Å². The number of hydrogen-bond donors (Lipinski definition) is 0. The zero-order valence-corrected chi connectivity index (χ0v) is 10.9. The van der Waals surface area contributed by atoms with Crippen LogP contribution in [0.5, 0.6) is 11.5 Å². The van der Waals surface area contributed by atoms with E-state index in [1.165, 1.54) is 0 Å². The number of hydrogen-bond acceptors (Lipinski definition) is 2. The van der Waals surface area contributed by atoms with Crippen LogP contribution in [0, 0.1) is 0 Å². The van der Waals surface area contributed by atoms with Gasteiger partial charge in [-0.05, 0) is 24.3 Å². The molecule has 0 bridgehead atoms. The van der Waals surface area contributed by atoms with E-state index in [4.69, 9.17) is 4.74 Å². The minimum Gasteiger partial charge on any atom is -0.455 e. The topological polar surface area (TPSA) is 12.5 Å². The summed E-state index contributed by atoms with van der Waals surface area (Å²) in [5.41, 5.74) is 1.08. The van der Waals surface area contributed by atoms with Crippen LogP contribution in [0.25, 0.3) is 0 Å². The molecule has 18 heavy (non-hydrogen) atoms. The zero-order chi connectivity index (χ0) is 13.4. The van der Waals surface area contributed by atoms with Gasteiger partial charge in [-0.3, -0.25) is 4.39 Å². The predicted octanol–water partition coefficient (Wildman–Crippen LogP) is 4.13. The van der Waals surface area contributed by atoms with Gasteiger partial charge in [-0.15, -0.1) is 0 Å². The van der Waals surface area contributed by atoms with Crippen molar-refractivity contribution in [3.63, 3.8) is 0 Å². The van der Waals surface area contributed by atoms with Crippen molar-refractivity contribution in [3.05, 3.63) is 54.6 Å². The lowest BCUT2D eigenvalue weighted by atomic mass is 10.2. The van der Waals surface area contributed by atoms with Crippen LogP contribution in [0.4, 0.5) is 10.1 Å². The summed E-state index contributed by atoms with van der Waals surface area (Å²) < 4.78 is 15.3. The third-order valence-electron chi connectivity index (χ3n) is 2.32. The average molecular weight is 247 g/mol. The fraction of sp³-hybridized carbons (Fsp3) is 0.200. The predicted molar refractivity (Wildman–Crippen MR) is 74.3 cm³/mol. The quantitative estimate of drug-likeness (QED) is 0.808. The zero-order valence-electron chi connectivity index (χ0n) is 10.9. The van der Waals surface area contributed by atoms with Gasteiger partial charge in [-0.2, -0.15) is 0 Å². The van der Waals surface area contributed by atoms with Crippen LogP contribution in [0.1, 0.15) is 0 Å². The van der Waals surface area contributed by atoms with E-state index in [-0.39, 0.29) is 0 Å². The number of halogens is 1. The Bertz CT molecular complexity index is 457. The van der Waals surface area contributed by atoms with Gasteiger partial charge in [0.15, 0.2) is 5.75 Å². The molecule has 96 valence electrons. The molecule has 0 saturated carbocycles. The molecule has 0 radical (unpaired) electrons. The van der Waals surface area contributed by atoms with E-state index >= 15 is 0 Å². The van der Waals surface area contributed by atoms with E-state index in [1.54, 1.807) is 0 Å². The van der Waals surface area contributed by atoms with Crippen LogP contribution in [-0.4, -0.2) is 21.3 Å². The fourth-order valence-electron chi connectivity index (χ4n) is 1.53. The maximum Gasteiger partial charge on any atom is 0.150 e. The van der Waals surface area contributed by atoms with Crippen molar-refractivity contribution >= 4 is 5.69 Å². The Hall–Kier alpha value is -2.03. The molecule has 0 saturated heterocycles. The van der Waals surface area contributed by atoms with E-state index in [2.05, 4.69) is 0 Å². The molecule has 2 rings (SSSR count). The lowest BCUT2D eigenvalue weighted by Crippen LogP contribution is -2.09. The number of benzene rings is 2.